The Morgan fingerprint density at radius 1 is 1.04 bits per heavy atom. The predicted octanol–water partition coefficient (Wildman–Crippen LogP) is 5.49. The van der Waals surface area contributed by atoms with Crippen LogP contribution in [0, 0.1) is 5.82 Å². The van der Waals surface area contributed by atoms with Crippen LogP contribution < -0.4 is 4.74 Å². The Bertz CT molecular complexity index is 1020. The van der Waals surface area contributed by atoms with E-state index in [0.717, 1.165) is 18.3 Å². The highest BCUT2D eigenvalue weighted by Crippen LogP contribution is 2.35. The second kappa shape index (κ2) is 7.67. The van der Waals surface area contributed by atoms with Gasteiger partial charge in [0.15, 0.2) is 0 Å². The molecule has 28 heavy (non-hydrogen) atoms. The second-order valence-corrected chi connectivity index (χ2v) is 5.71. The fraction of sp³-hybridized carbons (Fsp3) is 0.100. The number of hydrogen-bond acceptors (Lipinski definition) is 4. The Balaban J connectivity index is 2.07. The number of carbonyl (C=O) groups excluding carboxylic acids is 1. The number of ether oxygens (including phenoxy) is 2. The van der Waals surface area contributed by atoms with Crippen molar-refractivity contribution >= 4 is 5.97 Å². The summed E-state index contributed by atoms with van der Waals surface area (Å²) in [5.41, 5.74) is -0.248. The smallest absolute Gasteiger partial charge is 0.416 e. The zero-order valence-corrected chi connectivity index (χ0v) is 14.5. The maximum absolute atomic E-state index is 13.6. The average Bonchev–Trinajstić information content (AvgIpc) is 2.67. The number of esters is 1. The zero-order valence-electron chi connectivity index (χ0n) is 14.5. The third-order valence-electron chi connectivity index (χ3n) is 3.78. The van der Waals surface area contributed by atoms with E-state index in [1.54, 1.807) is 6.07 Å². The zero-order chi connectivity index (χ0) is 20.3. The van der Waals surface area contributed by atoms with Gasteiger partial charge in [-0.05, 0) is 42.0 Å². The van der Waals surface area contributed by atoms with Gasteiger partial charge in [0.1, 0.15) is 11.6 Å². The first kappa shape index (κ1) is 19.3. The molecule has 0 N–H and O–H groups in total. The Hall–Kier alpha value is -3.42. The Morgan fingerprint density at radius 2 is 1.79 bits per heavy atom. The van der Waals surface area contributed by atoms with E-state index in [-0.39, 0.29) is 22.8 Å². The van der Waals surface area contributed by atoms with Gasteiger partial charge in [-0.15, -0.1) is 0 Å². The number of benzene rings is 2. The molecular formula is C20H13F4NO3. The molecule has 144 valence electrons. The summed E-state index contributed by atoms with van der Waals surface area (Å²) >= 11 is 0. The molecule has 0 bridgehead atoms. The number of aromatic nitrogens is 1. The first-order valence-corrected chi connectivity index (χ1v) is 7.97. The molecule has 3 rings (SSSR count). The SMILES string of the molecule is COC(=O)c1cnc(Oc2cccc(C(F)(F)F)c2)c(-c2cccc(F)c2)c1. The van der Waals surface area contributed by atoms with Crippen LogP contribution >= 0.6 is 0 Å². The summed E-state index contributed by atoms with van der Waals surface area (Å²) in [4.78, 5) is 15.8. The van der Waals surface area contributed by atoms with Crippen molar-refractivity contribution in [2.75, 3.05) is 7.11 Å². The molecule has 0 atom stereocenters. The van der Waals surface area contributed by atoms with E-state index in [4.69, 9.17) is 4.74 Å². The molecule has 1 heterocycles. The van der Waals surface area contributed by atoms with Gasteiger partial charge in [0, 0.05) is 11.8 Å². The third-order valence-corrected chi connectivity index (χ3v) is 3.78. The van der Waals surface area contributed by atoms with Crippen molar-refractivity contribution < 1.29 is 31.8 Å². The lowest BCUT2D eigenvalue weighted by atomic mass is 10.1. The highest BCUT2D eigenvalue weighted by molar-refractivity contribution is 5.91. The van der Waals surface area contributed by atoms with Crippen molar-refractivity contribution in [1.29, 1.82) is 0 Å². The van der Waals surface area contributed by atoms with E-state index >= 15 is 0 Å². The molecule has 1 aromatic heterocycles. The molecule has 0 fully saturated rings. The maximum Gasteiger partial charge on any atom is 0.416 e. The fourth-order valence-corrected chi connectivity index (χ4v) is 2.47. The topological polar surface area (TPSA) is 48.4 Å². The van der Waals surface area contributed by atoms with Gasteiger partial charge in [-0.25, -0.2) is 14.2 Å². The number of rotatable bonds is 4. The Morgan fingerprint density at radius 3 is 2.46 bits per heavy atom. The van der Waals surface area contributed by atoms with Gasteiger partial charge >= 0.3 is 12.1 Å². The van der Waals surface area contributed by atoms with Crippen LogP contribution in [0.15, 0.2) is 60.8 Å². The lowest BCUT2D eigenvalue weighted by Crippen LogP contribution is -2.05. The van der Waals surface area contributed by atoms with Crippen LogP contribution in [0.5, 0.6) is 11.6 Å². The minimum absolute atomic E-state index is 0.0816. The highest BCUT2D eigenvalue weighted by atomic mass is 19.4. The van der Waals surface area contributed by atoms with Gasteiger partial charge < -0.3 is 9.47 Å². The molecule has 0 saturated heterocycles. The molecule has 0 unspecified atom stereocenters. The molecule has 0 aliphatic rings. The number of carbonyl (C=O) groups is 1. The van der Waals surface area contributed by atoms with E-state index < -0.39 is 23.5 Å². The van der Waals surface area contributed by atoms with Crippen LogP contribution in [0.4, 0.5) is 17.6 Å². The van der Waals surface area contributed by atoms with E-state index in [2.05, 4.69) is 9.72 Å². The van der Waals surface area contributed by atoms with Crippen LogP contribution in [0.1, 0.15) is 15.9 Å². The highest BCUT2D eigenvalue weighted by Gasteiger charge is 2.30. The van der Waals surface area contributed by atoms with Crippen LogP contribution in [-0.4, -0.2) is 18.1 Å². The largest absolute Gasteiger partial charge is 0.465 e. The minimum Gasteiger partial charge on any atom is -0.465 e. The van der Waals surface area contributed by atoms with E-state index in [0.29, 0.717) is 5.56 Å². The van der Waals surface area contributed by atoms with Crippen LogP contribution in [0.25, 0.3) is 11.1 Å². The lowest BCUT2D eigenvalue weighted by Gasteiger charge is -2.13. The summed E-state index contributed by atoms with van der Waals surface area (Å²) in [7, 11) is 1.19. The summed E-state index contributed by atoms with van der Waals surface area (Å²) in [6.07, 6.45) is -3.37. The first-order valence-electron chi connectivity index (χ1n) is 7.97. The van der Waals surface area contributed by atoms with Crippen LogP contribution in [-0.2, 0) is 10.9 Å². The molecule has 0 spiro atoms. The molecular weight excluding hydrogens is 378 g/mol. The van der Waals surface area contributed by atoms with E-state index in [9.17, 15) is 22.4 Å². The molecule has 4 nitrogen and oxygen atoms in total. The number of methoxy groups -OCH3 is 1. The summed E-state index contributed by atoms with van der Waals surface area (Å²) in [6, 6.07) is 11.1. The van der Waals surface area contributed by atoms with Crippen molar-refractivity contribution in [3.8, 4) is 22.8 Å². The number of halogens is 4. The predicted molar refractivity (Wildman–Crippen MR) is 92.5 cm³/mol. The van der Waals surface area contributed by atoms with Crippen molar-refractivity contribution in [2.45, 2.75) is 6.18 Å². The molecule has 8 heteroatoms. The second-order valence-electron chi connectivity index (χ2n) is 5.71. The van der Waals surface area contributed by atoms with Crippen LogP contribution in [0.2, 0.25) is 0 Å². The minimum atomic E-state index is -4.53. The number of nitrogens with zero attached hydrogens (tertiary/aromatic N) is 1. The normalized spacial score (nSPS) is 11.2. The van der Waals surface area contributed by atoms with Gasteiger partial charge in [0.05, 0.1) is 18.2 Å². The Kier molecular flexibility index (Phi) is 5.30. The van der Waals surface area contributed by atoms with Gasteiger partial charge in [-0.3, -0.25) is 0 Å². The van der Waals surface area contributed by atoms with Gasteiger partial charge in [0.2, 0.25) is 5.88 Å². The van der Waals surface area contributed by atoms with Crippen molar-refractivity contribution in [2.24, 2.45) is 0 Å². The third kappa shape index (κ3) is 4.28. The summed E-state index contributed by atoms with van der Waals surface area (Å²) < 4.78 is 62.5. The van der Waals surface area contributed by atoms with Crippen LogP contribution in [0.3, 0.4) is 0 Å². The molecule has 0 aliphatic carbocycles. The average molecular weight is 391 g/mol. The van der Waals surface area contributed by atoms with E-state index in [1.807, 2.05) is 0 Å². The molecule has 3 aromatic rings. The summed E-state index contributed by atoms with van der Waals surface area (Å²) in [6.45, 7) is 0. The molecule has 0 radical (unpaired) electrons. The van der Waals surface area contributed by atoms with E-state index in [1.165, 1.54) is 43.5 Å². The maximum atomic E-state index is 13.6. The summed E-state index contributed by atoms with van der Waals surface area (Å²) in [5.74, 6) is -1.40. The molecule has 0 aliphatic heterocycles. The number of pyridine rings is 1. The van der Waals surface area contributed by atoms with Crippen molar-refractivity contribution in [1.82, 2.24) is 4.98 Å². The standard InChI is InChI=1S/C20H13F4NO3/c1-27-19(26)13-9-17(12-4-2-6-15(21)8-12)18(25-11-13)28-16-7-3-5-14(10-16)20(22,23)24/h2-11H,1H3. The monoisotopic (exact) mass is 391 g/mol. The van der Waals surface area contributed by atoms with Gasteiger partial charge in [-0.2, -0.15) is 13.2 Å². The van der Waals surface area contributed by atoms with Crippen molar-refractivity contribution in [3.05, 3.63) is 77.7 Å². The van der Waals surface area contributed by atoms with Gasteiger partial charge in [-0.1, -0.05) is 18.2 Å². The summed E-state index contributed by atoms with van der Waals surface area (Å²) in [5, 5.41) is 0. The molecule has 2 aromatic carbocycles. The first-order chi connectivity index (χ1) is 13.3. The molecule has 0 amide bonds. The number of alkyl halides is 3. The number of hydrogen-bond donors (Lipinski definition) is 0. The Labute approximate surface area is 157 Å². The fourth-order valence-electron chi connectivity index (χ4n) is 2.47. The molecule has 0 saturated carbocycles. The quantitative estimate of drug-likeness (QED) is 0.436. The van der Waals surface area contributed by atoms with Gasteiger partial charge in [0.25, 0.3) is 0 Å². The van der Waals surface area contributed by atoms with Crippen molar-refractivity contribution in [3.63, 3.8) is 0 Å². The lowest BCUT2D eigenvalue weighted by molar-refractivity contribution is -0.137.